The second-order valence-corrected chi connectivity index (χ2v) is 5.38. The van der Waals surface area contributed by atoms with Crippen LogP contribution < -0.4 is 0 Å². The molecule has 2 heterocycles. The summed E-state index contributed by atoms with van der Waals surface area (Å²) in [6.45, 7) is 8.35. The molecule has 20 heavy (non-hydrogen) atoms. The topological polar surface area (TPSA) is 45.7 Å². The molecule has 1 saturated heterocycles. The molecule has 1 aliphatic rings. The Balaban J connectivity index is 1.73. The fourth-order valence-corrected chi connectivity index (χ4v) is 2.23. The zero-order valence-electron chi connectivity index (χ0n) is 12.3. The largest absolute Gasteiger partial charge is 0.369 e. The van der Waals surface area contributed by atoms with Crippen LogP contribution in [0.3, 0.4) is 0 Å². The zero-order chi connectivity index (χ0) is 14.4. The second kappa shape index (κ2) is 7.36. The van der Waals surface area contributed by atoms with Crippen molar-refractivity contribution in [2.75, 3.05) is 32.8 Å². The quantitative estimate of drug-likeness (QED) is 0.810. The van der Waals surface area contributed by atoms with E-state index in [1.807, 2.05) is 31.0 Å². The summed E-state index contributed by atoms with van der Waals surface area (Å²) in [7, 11) is 0. The zero-order valence-corrected chi connectivity index (χ0v) is 12.3. The Kier molecular flexibility index (Phi) is 5.49. The molecule has 1 aromatic heterocycles. The van der Waals surface area contributed by atoms with Gasteiger partial charge in [-0.25, -0.2) is 0 Å². The fourth-order valence-electron chi connectivity index (χ4n) is 2.23. The number of aromatic nitrogens is 1. The van der Waals surface area contributed by atoms with Crippen molar-refractivity contribution in [1.82, 2.24) is 14.8 Å². The minimum absolute atomic E-state index is 0.0970. The molecular formula is C15H23N3O2. The van der Waals surface area contributed by atoms with Gasteiger partial charge in [0.15, 0.2) is 0 Å². The maximum Gasteiger partial charge on any atom is 0.248 e. The van der Waals surface area contributed by atoms with Gasteiger partial charge in [0.25, 0.3) is 0 Å². The number of carbonyl (C=O) groups is 1. The summed E-state index contributed by atoms with van der Waals surface area (Å²) in [6.07, 6.45) is 3.79. The van der Waals surface area contributed by atoms with Crippen molar-refractivity contribution in [2.45, 2.75) is 26.5 Å². The molecule has 2 rings (SSSR count). The number of piperazine rings is 1. The monoisotopic (exact) mass is 277 g/mol. The summed E-state index contributed by atoms with van der Waals surface area (Å²) in [4.78, 5) is 20.3. The van der Waals surface area contributed by atoms with Crippen molar-refractivity contribution in [3.05, 3.63) is 30.1 Å². The molecular weight excluding hydrogens is 254 g/mol. The first-order valence-corrected chi connectivity index (χ1v) is 7.16. The first-order valence-electron chi connectivity index (χ1n) is 7.16. The fraction of sp³-hybridized carbons (Fsp3) is 0.600. The van der Waals surface area contributed by atoms with Gasteiger partial charge in [-0.15, -0.1) is 0 Å². The molecule has 0 saturated carbocycles. The number of hydrogen-bond acceptors (Lipinski definition) is 4. The lowest BCUT2D eigenvalue weighted by Gasteiger charge is -2.34. The maximum absolute atomic E-state index is 11.9. The maximum atomic E-state index is 11.9. The summed E-state index contributed by atoms with van der Waals surface area (Å²) >= 11 is 0. The second-order valence-electron chi connectivity index (χ2n) is 5.38. The molecule has 1 aromatic rings. The van der Waals surface area contributed by atoms with Gasteiger partial charge in [-0.3, -0.25) is 14.7 Å². The summed E-state index contributed by atoms with van der Waals surface area (Å²) in [5.41, 5.74) is 1.22. The van der Waals surface area contributed by atoms with Crippen LogP contribution in [0, 0.1) is 0 Å². The predicted molar refractivity (Wildman–Crippen MR) is 77.2 cm³/mol. The lowest BCUT2D eigenvalue weighted by Crippen LogP contribution is -2.49. The lowest BCUT2D eigenvalue weighted by molar-refractivity contribution is -0.139. The molecule has 1 aliphatic heterocycles. The van der Waals surface area contributed by atoms with Gasteiger partial charge >= 0.3 is 0 Å². The Morgan fingerprint density at radius 1 is 1.35 bits per heavy atom. The Morgan fingerprint density at radius 2 is 2.10 bits per heavy atom. The summed E-state index contributed by atoms with van der Waals surface area (Å²) < 4.78 is 5.37. The van der Waals surface area contributed by atoms with Gasteiger partial charge in [0.2, 0.25) is 5.91 Å². The average molecular weight is 277 g/mol. The SMILES string of the molecule is CC(C)OCC(=O)N1CCN(Cc2cccnc2)CC1. The number of hydrogen-bond donors (Lipinski definition) is 0. The van der Waals surface area contributed by atoms with Gasteiger partial charge in [-0.2, -0.15) is 0 Å². The molecule has 5 heteroatoms. The highest BCUT2D eigenvalue weighted by molar-refractivity contribution is 5.77. The molecule has 0 bridgehead atoms. The Bertz CT molecular complexity index is 414. The highest BCUT2D eigenvalue weighted by Crippen LogP contribution is 2.08. The standard InChI is InChI=1S/C15H23N3O2/c1-13(2)20-12-15(19)18-8-6-17(7-9-18)11-14-4-3-5-16-10-14/h3-5,10,13H,6-9,11-12H2,1-2H3. The van der Waals surface area contributed by atoms with Gasteiger partial charge in [-0.05, 0) is 25.5 Å². The van der Waals surface area contributed by atoms with E-state index in [2.05, 4.69) is 16.0 Å². The molecule has 0 radical (unpaired) electrons. The van der Waals surface area contributed by atoms with Gasteiger partial charge in [0, 0.05) is 45.1 Å². The van der Waals surface area contributed by atoms with E-state index in [0.717, 1.165) is 32.7 Å². The Labute approximate surface area is 120 Å². The van der Waals surface area contributed by atoms with Crippen molar-refractivity contribution >= 4 is 5.91 Å². The average Bonchev–Trinajstić information content (AvgIpc) is 2.46. The minimum Gasteiger partial charge on any atom is -0.369 e. The van der Waals surface area contributed by atoms with Crippen LogP contribution in [0.1, 0.15) is 19.4 Å². The van der Waals surface area contributed by atoms with Gasteiger partial charge < -0.3 is 9.64 Å². The molecule has 1 fully saturated rings. The number of nitrogens with zero attached hydrogens (tertiary/aromatic N) is 3. The molecule has 0 aliphatic carbocycles. The molecule has 0 atom stereocenters. The smallest absolute Gasteiger partial charge is 0.248 e. The summed E-state index contributed by atoms with van der Waals surface area (Å²) in [5.74, 6) is 0.0970. The van der Waals surface area contributed by atoms with E-state index in [-0.39, 0.29) is 18.6 Å². The first kappa shape index (κ1) is 14.9. The number of rotatable bonds is 5. The van der Waals surface area contributed by atoms with E-state index in [0.29, 0.717) is 0 Å². The Hall–Kier alpha value is -1.46. The highest BCUT2D eigenvalue weighted by atomic mass is 16.5. The number of pyridine rings is 1. The van der Waals surface area contributed by atoms with Crippen molar-refractivity contribution in [3.8, 4) is 0 Å². The molecule has 1 amide bonds. The van der Waals surface area contributed by atoms with Crippen molar-refractivity contribution < 1.29 is 9.53 Å². The van der Waals surface area contributed by atoms with E-state index >= 15 is 0 Å². The third-order valence-corrected chi connectivity index (χ3v) is 3.39. The molecule has 0 aromatic carbocycles. The van der Waals surface area contributed by atoms with Crippen molar-refractivity contribution in [2.24, 2.45) is 0 Å². The van der Waals surface area contributed by atoms with E-state index < -0.39 is 0 Å². The predicted octanol–water partition coefficient (Wildman–Crippen LogP) is 1.15. The van der Waals surface area contributed by atoms with Crippen molar-refractivity contribution in [3.63, 3.8) is 0 Å². The molecule has 0 N–H and O–H groups in total. The van der Waals surface area contributed by atoms with E-state index in [1.54, 1.807) is 6.20 Å². The number of ether oxygens (including phenoxy) is 1. The minimum atomic E-state index is 0.0970. The normalized spacial score (nSPS) is 16.6. The lowest BCUT2D eigenvalue weighted by atomic mass is 10.2. The third kappa shape index (κ3) is 4.58. The van der Waals surface area contributed by atoms with Crippen LogP contribution in [0.15, 0.2) is 24.5 Å². The molecule has 0 spiro atoms. The molecule has 0 unspecified atom stereocenters. The van der Waals surface area contributed by atoms with Gasteiger partial charge in [0.1, 0.15) is 6.61 Å². The van der Waals surface area contributed by atoms with Crippen LogP contribution in [0.4, 0.5) is 0 Å². The molecule has 110 valence electrons. The van der Waals surface area contributed by atoms with E-state index in [1.165, 1.54) is 5.56 Å². The van der Waals surface area contributed by atoms with E-state index in [9.17, 15) is 4.79 Å². The van der Waals surface area contributed by atoms with Crippen molar-refractivity contribution in [1.29, 1.82) is 0 Å². The van der Waals surface area contributed by atoms with Crippen LogP contribution in [0.5, 0.6) is 0 Å². The third-order valence-electron chi connectivity index (χ3n) is 3.39. The van der Waals surface area contributed by atoms with Crippen LogP contribution in [0.2, 0.25) is 0 Å². The van der Waals surface area contributed by atoms with E-state index in [4.69, 9.17) is 4.74 Å². The van der Waals surface area contributed by atoms with Crippen LogP contribution in [0.25, 0.3) is 0 Å². The van der Waals surface area contributed by atoms with Gasteiger partial charge in [0.05, 0.1) is 6.10 Å². The van der Waals surface area contributed by atoms with Crippen LogP contribution >= 0.6 is 0 Å². The summed E-state index contributed by atoms with van der Waals surface area (Å²) in [5, 5.41) is 0. The Morgan fingerprint density at radius 3 is 2.70 bits per heavy atom. The highest BCUT2D eigenvalue weighted by Gasteiger charge is 2.21. The van der Waals surface area contributed by atoms with Crippen LogP contribution in [-0.2, 0) is 16.1 Å². The number of carbonyl (C=O) groups excluding carboxylic acids is 1. The van der Waals surface area contributed by atoms with Crippen LogP contribution in [-0.4, -0.2) is 59.6 Å². The number of amides is 1. The molecule has 5 nitrogen and oxygen atoms in total. The summed E-state index contributed by atoms with van der Waals surface area (Å²) in [6, 6.07) is 4.04. The first-order chi connectivity index (χ1) is 9.65. The van der Waals surface area contributed by atoms with Gasteiger partial charge in [-0.1, -0.05) is 6.07 Å².